The number of nitrogens with two attached hydrogens (primary N) is 1. The molecule has 31 heavy (non-hydrogen) atoms. The third-order valence-electron chi connectivity index (χ3n) is 6.17. The van der Waals surface area contributed by atoms with Crippen LogP contribution >= 0.6 is 11.6 Å². The Hall–Kier alpha value is -3.01. The normalized spacial score (nSPS) is 15.6. The topological polar surface area (TPSA) is 51.8 Å². The van der Waals surface area contributed by atoms with E-state index in [1.165, 1.54) is 12.0 Å². The molecule has 1 aliphatic carbocycles. The molecule has 0 atom stereocenters. The number of hydrogen-bond donors (Lipinski definition) is 1. The Morgan fingerprint density at radius 1 is 1.00 bits per heavy atom. The minimum absolute atomic E-state index is 0.163. The van der Waals surface area contributed by atoms with Gasteiger partial charge in [0.2, 0.25) is 0 Å². The summed E-state index contributed by atoms with van der Waals surface area (Å²) in [6, 6.07) is 23.1. The second-order valence-electron chi connectivity index (χ2n) is 8.33. The summed E-state index contributed by atoms with van der Waals surface area (Å²) in [6.45, 7) is 1.86. The van der Waals surface area contributed by atoms with Crippen molar-refractivity contribution in [3.8, 4) is 22.4 Å². The van der Waals surface area contributed by atoms with E-state index >= 15 is 0 Å². The lowest BCUT2D eigenvalue weighted by Gasteiger charge is -2.38. The van der Waals surface area contributed by atoms with Gasteiger partial charge in [-0.05, 0) is 55.5 Å². The smallest absolute Gasteiger partial charge is 0.0788 e. The fourth-order valence-electron chi connectivity index (χ4n) is 4.29. The number of halogens is 1. The summed E-state index contributed by atoms with van der Waals surface area (Å²) in [5.41, 5.74) is 13.5. The summed E-state index contributed by atoms with van der Waals surface area (Å²) < 4.78 is 0. The molecule has 0 spiro atoms. The molecule has 2 heterocycles. The number of fused-ring (bicyclic) bond motifs is 1. The summed E-state index contributed by atoms with van der Waals surface area (Å²) in [5.74, 6) is 0. The number of pyridine rings is 2. The molecule has 3 nitrogen and oxygen atoms in total. The average Bonchev–Trinajstić information content (AvgIpc) is 2.77. The minimum atomic E-state index is -0.163. The van der Waals surface area contributed by atoms with E-state index in [9.17, 15) is 0 Å². The lowest BCUT2D eigenvalue weighted by atomic mass is 9.72. The standard InChI is InChI=1S/C27H24ClN3/c1-18(28)16-25-23-17-22(19-6-3-2-4-7-19)26(31-24(23)12-15-30-25)20-8-10-21(11-9-20)27(29)13-5-14-27/h2-4,6-12,15-17H,5,13-14,29H2,1H3/b18-16-. The summed E-state index contributed by atoms with van der Waals surface area (Å²) in [6.07, 6.45) is 6.98. The fourth-order valence-corrected chi connectivity index (χ4v) is 4.39. The quantitative estimate of drug-likeness (QED) is 0.386. The van der Waals surface area contributed by atoms with Crippen LogP contribution in [-0.2, 0) is 5.54 Å². The number of nitrogens with zero attached hydrogens (tertiary/aromatic N) is 2. The minimum Gasteiger partial charge on any atom is -0.321 e. The zero-order valence-electron chi connectivity index (χ0n) is 17.5. The Bertz CT molecular complexity index is 1270. The highest BCUT2D eigenvalue weighted by atomic mass is 35.5. The van der Waals surface area contributed by atoms with Gasteiger partial charge in [-0.25, -0.2) is 4.98 Å². The predicted molar refractivity (Wildman–Crippen MR) is 130 cm³/mol. The van der Waals surface area contributed by atoms with Gasteiger partial charge < -0.3 is 5.73 Å². The number of rotatable bonds is 4. The van der Waals surface area contributed by atoms with Gasteiger partial charge in [0, 0.05) is 33.3 Å². The lowest BCUT2D eigenvalue weighted by Crippen LogP contribution is -2.43. The maximum absolute atomic E-state index is 6.53. The van der Waals surface area contributed by atoms with E-state index in [0.717, 1.165) is 51.8 Å². The molecule has 0 unspecified atom stereocenters. The molecular formula is C27H24ClN3. The van der Waals surface area contributed by atoms with Gasteiger partial charge in [-0.1, -0.05) is 66.2 Å². The van der Waals surface area contributed by atoms with E-state index in [4.69, 9.17) is 22.3 Å². The van der Waals surface area contributed by atoms with Gasteiger partial charge in [-0.15, -0.1) is 0 Å². The third-order valence-corrected chi connectivity index (χ3v) is 6.28. The number of allylic oxidation sites excluding steroid dienone is 1. The first-order valence-electron chi connectivity index (χ1n) is 10.6. The molecule has 2 N–H and O–H groups in total. The Labute approximate surface area is 187 Å². The van der Waals surface area contributed by atoms with Crippen molar-refractivity contribution in [3.05, 3.63) is 89.2 Å². The van der Waals surface area contributed by atoms with Crippen LogP contribution < -0.4 is 5.73 Å². The molecule has 0 bridgehead atoms. The summed E-state index contributed by atoms with van der Waals surface area (Å²) in [5, 5.41) is 1.67. The Kier molecular flexibility index (Phi) is 5.09. The van der Waals surface area contributed by atoms with Crippen molar-refractivity contribution < 1.29 is 0 Å². The van der Waals surface area contributed by atoms with E-state index < -0.39 is 0 Å². The van der Waals surface area contributed by atoms with Crippen LogP contribution in [0.15, 0.2) is 78.0 Å². The number of hydrogen-bond acceptors (Lipinski definition) is 3. The van der Waals surface area contributed by atoms with E-state index in [0.29, 0.717) is 5.03 Å². The first kappa shape index (κ1) is 19.9. The monoisotopic (exact) mass is 425 g/mol. The van der Waals surface area contributed by atoms with Crippen LogP contribution in [0.4, 0.5) is 0 Å². The van der Waals surface area contributed by atoms with Crippen LogP contribution in [0.2, 0.25) is 0 Å². The molecule has 1 saturated carbocycles. The van der Waals surface area contributed by atoms with Gasteiger partial charge >= 0.3 is 0 Å². The van der Waals surface area contributed by atoms with E-state index in [1.807, 2.05) is 37.3 Å². The van der Waals surface area contributed by atoms with Gasteiger partial charge in [-0.2, -0.15) is 0 Å². The number of aromatic nitrogens is 2. The van der Waals surface area contributed by atoms with Gasteiger partial charge in [0.25, 0.3) is 0 Å². The van der Waals surface area contributed by atoms with Crippen LogP contribution in [-0.4, -0.2) is 9.97 Å². The Balaban J connectivity index is 1.70. The molecule has 0 saturated heterocycles. The van der Waals surface area contributed by atoms with Crippen molar-refractivity contribution in [2.75, 3.05) is 0 Å². The molecule has 154 valence electrons. The SMILES string of the molecule is C/C(Cl)=C/c1nccc2nc(-c3ccc(C4(N)CCC4)cc3)c(-c3ccccc3)cc12. The van der Waals surface area contributed by atoms with Gasteiger partial charge in [0.15, 0.2) is 0 Å². The van der Waals surface area contributed by atoms with Crippen molar-refractivity contribution in [1.29, 1.82) is 0 Å². The Morgan fingerprint density at radius 3 is 2.39 bits per heavy atom. The maximum Gasteiger partial charge on any atom is 0.0788 e. The molecular weight excluding hydrogens is 402 g/mol. The first-order valence-corrected chi connectivity index (χ1v) is 11.0. The molecule has 1 aliphatic rings. The molecule has 0 amide bonds. The molecule has 0 radical (unpaired) electrons. The van der Waals surface area contributed by atoms with Gasteiger partial charge in [0.05, 0.1) is 16.9 Å². The van der Waals surface area contributed by atoms with Crippen LogP contribution in [0.1, 0.15) is 37.4 Å². The third kappa shape index (κ3) is 3.76. The highest BCUT2D eigenvalue weighted by molar-refractivity contribution is 6.31. The van der Waals surface area contributed by atoms with Crippen LogP contribution in [0, 0.1) is 0 Å². The molecule has 2 aromatic heterocycles. The molecule has 5 rings (SSSR count). The van der Waals surface area contributed by atoms with Crippen molar-refractivity contribution in [2.24, 2.45) is 5.73 Å². The van der Waals surface area contributed by atoms with E-state index in [-0.39, 0.29) is 5.54 Å². The lowest BCUT2D eigenvalue weighted by molar-refractivity contribution is 0.253. The second kappa shape index (κ2) is 7.92. The molecule has 2 aromatic carbocycles. The average molecular weight is 426 g/mol. The van der Waals surface area contributed by atoms with E-state index in [2.05, 4.69) is 47.4 Å². The molecule has 4 aromatic rings. The van der Waals surface area contributed by atoms with Crippen LogP contribution in [0.25, 0.3) is 39.4 Å². The van der Waals surface area contributed by atoms with Crippen molar-refractivity contribution in [1.82, 2.24) is 9.97 Å². The highest BCUT2D eigenvalue weighted by Gasteiger charge is 2.34. The maximum atomic E-state index is 6.53. The first-order chi connectivity index (χ1) is 15.0. The summed E-state index contributed by atoms with van der Waals surface area (Å²) in [7, 11) is 0. The highest BCUT2D eigenvalue weighted by Crippen LogP contribution is 2.40. The molecule has 0 aliphatic heterocycles. The second-order valence-corrected chi connectivity index (χ2v) is 8.93. The number of benzene rings is 2. The zero-order valence-corrected chi connectivity index (χ0v) is 18.2. The van der Waals surface area contributed by atoms with Crippen molar-refractivity contribution >= 4 is 28.6 Å². The predicted octanol–water partition coefficient (Wildman–Crippen LogP) is 6.90. The zero-order chi connectivity index (χ0) is 21.4. The summed E-state index contributed by atoms with van der Waals surface area (Å²) in [4.78, 5) is 9.60. The largest absolute Gasteiger partial charge is 0.321 e. The van der Waals surface area contributed by atoms with Gasteiger partial charge in [0.1, 0.15) is 0 Å². The van der Waals surface area contributed by atoms with Crippen molar-refractivity contribution in [2.45, 2.75) is 31.7 Å². The molecule has 4 heteroatoms. The fraction of sp³-hybridized carbons (Fsp3) is 0.185. The van der Waals surface area contributed by atoms with Crippen LogP contribution in [0.3, 0.4) is 0 Å². The molecule has 1 fully saturated rings. The van der Waals surface area contributed by atoms with Crippen LogP contribution in [0.5, 0.6) is 0 Å². The Morgan fingerprint density at radius 2 is 1.74 bits per heavy atom. The van der Waals surface area contributed by atoms with Crippen molar-refractivity contribution in [3.63, 3.8) is 0 Å². The summed E-state index contributed by atoms with van der Waals surface area (Å²) >= 11 is 6.16. The van der Waals surface area contributed by atoms with Gasteiger partial charge in [-0.3, -0.25) is 4.98 Å². The van der Waals surface area contributed by atoms with E-state index in [1.54, 1.807) is 6.20 Å².